The molecule has 6 heteroatoms. The zero-order valence-electron chi connectivity index (χ0n) is 10.7. The normalized spacial score (nSPS) is 19.8. The van der Waals surface area contributed by atoms with E-state index < -0.39 is 11.9 Å². The van der Waals surface area contributed by atoms with E-state index in [0.717, 1.165) is 0 Å². The first-order chi connectivity index (χ1) is 8.91. The Morgan fingerprint density at radius 2 is 2.11 bits per heavy atom. The summed E-state index contributed by atoms with van der Waals surface area (Å²) in [6.07, 6.45) is 0. The van der Waals surface area contributed by atoms with E-state index in [0.29, 0.717) is 18.8 Å². The highest BCUT2D eigenvalue weighted by Gasteiger charge is 2.33. The van der Waals surface area contributed by atoms with Gasteiger partial charge in [0.15, 0.2) is 0 Å². The Kier molecular flexibility index (Phi) is 3.75. The van der Waals surface area contributed by atoms with Crippen molar-refractivity contribution >= 4 is 29.1 Å². The van der Waals surface area contributed by atoms with E-state index in [9.17, 15) is 14.0 Å². The summed E-state index contributed by atoms with van der Waals surface area (Å²) in [5.41, 5.74) is 0.548. The monoisotopic (exact) mass is 284 g/mol. The van der Waals surface area contributed by atoms with E-state index in [4.69, 9.17) is 11.6 Å². The van der Waals surface area contributed by atoms with Crippen molar-refractivity contribution in [2.75, 3.05) is 18.0 Å². The summed E-state index contributed by atoms with van der Waals surface area (Å²) in [6.45, 7) is 3.96. The van der Waals surface area contributed by atoms with Gasteiger partial charge in [-0.1, -0.05) is 11.6 Å². The van der Waals surface area contributed by atoms with Crippen molar-refractivity contribution in [3.05, 3.63) is 29.0 Å². The molecule has 0 bridgehead atoms. The van der Waals surface area contributed by atoms with Crippen molar-refractivity contribution in [3.63, 3.8) is 0 Å². The van der Waals surface area contributed by atoms with Gasteiger partial charge in [-0.15, -0.1) is 0 Å². The average molecular weight is 285 g/mol. The summed E-state index contributed by atoms with van der Waals surface area (Å²) in [4.78, 5) is 26.7. The first kappa shape index (κ1) is 13.8. The average Bonchev–Trinajstić information content (AvgIpc) is 2.36. The fourth-order valence-electron chi connectivity index (χ4n) is 2.21. The van der Waals surface area contributed by atoms with E-state index in [1.165, 1.54) is 34.9 Å². The van der Waals surface area contributed by atoms with Gasteiger partial charge in [-0.25, -0.2) is 4.39 Å². The molecule has 1 fully saturated rings. The van der Waals surface area contributed by atoms with Gasteiger partial charge in [0.1, 0.15) is 11.9 Å². The van der Waals surface area contributed by atoms with E-state index in [2.05, 4.69) is 0 Å². The molecule has 1 unspecified atom stereocenters. The molecule has 1 atom stereocenters. The molecule has 1 aliphatic rings. The fraction of sp³-hybridized carbons (Fsp3) is 0.385. The molecule has 102 valence electrons. The molecule has 19 heavy (non-hydrogen) atoms. The Labute approximate surface area is 115 Å². The smallest absolute Gasteiger partial charge is 0.249 e. The molecule has 1 aromatic rings. The molecular weight excluding hydrogens is 271 g/mol. The van der Waals surface area contributed by atoms with Crippen LogP contribution in [0.15, 0.2) is 18.2 Å². The van der Waals surface area contributed by atoms with Crippen molar-refractivity contribution in [2.24, 2.45) is 0 Å². The predicted molar refractivity (Wildman–Crippen MR) is 70.6 cm³/mol. The van der Waals surface area contributed by atoms with Crippen LogP contribution in [0.25, 0.3) is 0 Å². The van der Waals surface area contributed by atoms with Gasteiger partial charge in [-0.05, 0) is 25.1 Å². The van der Waals surface area contributed by atoms with E-state index >= 15 is 0 Å². The van der Waals surface area contributed by atoms with Gasteiger partial charge in [0, 0.05) is 25.7 Å². The van der Waals surface area contributed by atoms with Crippen LogP contribution in [0, 0.1) is 5.82 Å². The minimum Gasteiger partial charge on any atom is -0.329 e. The molecular formula is C13H14ClFN2O2. The molecule has 2 rings (SSSR count). The lowest BCUT2D eigenvalue weighted by atomic mass is 10.1. The van der Waals surface area contributed by atoms with Crippen LogP contribution in [0.1, 0.15) is 13.8 Å². The Balaban J connectivity index is 2.25. The number of carbonyl (C=O) groups is 2. The molecule has 4 nitrogen and oxygen atoms in total. The Bertz CT molecular complexity index is 535. The quantitative estimate of drug-likeness (QED) is 0.792. The van der Waals surface area contributed by atoms with Crippen molar-refractivity contribution in [1.82, 2.24) is 4.90 Å². The molecule has 0 spiro atoms. The van der Waals surface area contributed by atoms with Crippen LogP contribution in [0.5, 0.6) is 0 Å². The maximum Gasteiger partial charge on any atom is 0.249 e. The predicted octanol–water partition coefficient (Wildman–Crippen LogP) is 2.06. The van der Waals surface area contributed by atoms with Crippen LogP contribution >= 0.6 is 11.6 Å². The van der Waals surface area contributed by atoms with Crippen LogP contribution in [0.4, 0.5) is 10.1 Å². The third-order valence-electron chi connectivity index (χ3n) is 3.27. The first-order valence-electron chi connectivity index (χ1n) is 5.95. The van der Waals surface area contributed by atoms with Gasteiger partial charge in [0.2, 0.25) is 11.8 Å². The maximum atomic E-state index is 13.1. The summed E-state index contributed by atoms with van der Waals surface area (Å²) >= 11 is 5.72. The molecule has 1 heterocycles. The molecule has 0 aromatic heterocycles. The SMILES string of the molecule is CC(=O)N1CCN(c2ccc(F)c(Cl)c2)C(=O)C1C. The maximum absolute atomic E-state index is 13.1. The van der Waals surface area contributed by atoms with Crippen molar-refractivity contribution < 1.29 is 14.0 Å². The number of carbonyl (C=O) groups excluding carboxylic acids is 2. The third kappa shape index (κ3) is 2.56. The fourth-order valence-corrected chi connectivity index (χ4v) is 2.38. The number of benzene rings is 1. The van der Waals surface area contributed by atoms with Gasteiger partial charge < -0.3 is 9.80 Å². The molecule has 0 N–H and O–H groups in total. The highest BCUT2D eigenvalue weighted by molar-refractivity contribution is 6.31. The summed E-state index contributed by atoms with van der Waals surface area (Å²) < 4.78 is 13.1. The number of amides is 2. The number of nitrogens with zero attached hydrogens (tertiary/aromatic N) is 2. The summed E-state index contributed by atoms with van der Waals surface area (Å²) in [6, 6.07) is 3.64. The number of hydrogen-bond acceptors (Lipinski definition) is 2. The van der Waals surface area contributed by atoms with Gasteiger partial charge in [0.05, 0.1) is 5.02 Å². The number of hydrogen-bond donors (Lipinski definition) is 0. The van der Waals surface area contributed by atoms with Crippen LogP contribution < -0.4 is 4.90 Å². The number of piperazine rings is 1. The van der Waals surface area contributed by atoms with Gasteiger partial charge in [0.25, 0.3) is 0 Å². The summed E-state index contributed by atoms with van der Waals surface area (Å²) in [7, 11) is 0. The highest BCUT2D eigenvalue weighted by Crippen LogP contribution is 2.25. The van der Waals surface area contributed by atoms with Crippen LogP contribution in [-0.4, -0.2) is 35.8 Å². The van der Waals surface area contributed by atoms with E-state index in [-0.39, 0.29) is 16.8 Å². The number of halogens is 2. The van der Waals surface area contributed by atoms with Gasteiger partial charge >= 0.3 is 0 Å². The highest BCUT2D eigenvalue weighted by atomic mass is 35.5. The minimum atomic E-state index is -0.520. The number of rotatable bonds is 1. The van der Waals surface area contributed by atoms with Crippen molar-refractivity contribution in [1.29, 1.82) is 0 Å². The molecule has 1 aromatic carbocycles. The molecule has 0 aliphatic carbocycles. The molecule has 0 radical (unpaired) electrons. The van der Waals surface area contributed by atoms with Gasteiger partial charge in [-0.3, -0.25) is 9.59 Å². The van der Waals surface area contributed by atoms with Crippen molar-refractivity contribution in [3.8, 4) is 0 Å². The lowest BCUT2D eigenvalue weighted by Crippen LogP contribution is -2.57. The molecule has 1 aliphatic heterocycles. The largest absolute Gasteiger partial charge is 0.329 e. The zero-order chi connectivity index (χ0) is 14.2. The van der Waals surface area contributed by atoms with E-state index in [1.54, 1.807) is 6.92 Å². The second-order valence-corrected chi connectivity index (χ2v) is 4.88. The molecule has 1 saturated heterocycles. The Morgan fingerprint density at radius 3 is 2.68 bits per heavy atom. The Morgan fingerprint density at radius 1 is 1.42 bits per heavy atom. The molecule has 2 amide bonds. The lowest BCUT2D eigenvalue weighted by molar-refractivity contribution is -0.139. The first-order valence-corrected chi connectivity index (χ1v) is 6.33. The van der Waals surface area contributed by atoms with E-state index in [1.807, 2.05) is 0 Å². The summed E-state index contributed by atoms with van der Waals surface area (Å²) in [5.74, 6) is -0.838. The Hall–Kier alpha value is -1.62. The lowest BCUT2D eigenvalue weighted by Gasteiger charge is -2.38. The van der Waals surface area contributed by atoms with Gasteiger partial charge in [-0.2, -0.15) is 0 Å². The second-order valence-electron chi connectivity index (χ2n) is 4.48. The summed E-state index contributed by atoms with van der Waals surface area (Å²) in [5, 5.41) is -0.0213. The topological polar surface area (TPSA) is 40.6 Å². The zero-order valence-corrected chi connectivity index (χ0v) is 11.4. The van der Waals surface area contributed by atoms with Crippen LogP contribution in [-0.2, 0) is 9.59 Å². The third-order valence-corrected chi connectivity index (χ3v) is 3.56. The van der Waals surface area contributed by atoms with Crippen LogP contribution in [0.2, 0.25) is 5.02 Å². The number of anilines is 1. The molecule has 0 saturated carbocycles. The minimum absolute atomic E-state index is 0.0213. The van der Waals surface area contributed by atoms with Crippen LogP contribution in [0.3, 0.4) is 0 Å². The standard InChI is InChI=1S/C13H14ClFN2O2/c1-8-13(19)17(6-5-16(8)9(2)18)10-3-4-12(15)11(14)7-10/h3-4,7-8H,5-6H2,1-2H3. The van der Waals surface area contributed by atoms with Crippen molar-refractivity contribution in [2.45, 2.75) is 19.9 Å². The second kappa shape index (κ2) is 5.17.